The van der Waals surface area contributed by atoms with Gasteiger partial charge in [-0.25, -0.2) is 0 Å². The van der Waals surface area contributed by atoms with Crippen LogP contribution < -0.4 is 10.1 Å². The minimum absolute atomic E-state index is 0.245. The molecular formula is C14H16INOS. The van der Waals surface area contributed by atoms with Crippen LogP contribution >= 0.6 is 33.9 Å². The zero-order valence-corrected chi connectivity index (χ0v) is 13.6. The van der Waals surface area contributed by atoms with E-state index in [1.807, 2.05) is 13.1 Å². The predicted molar refractivity (Wildman–Crippen MR) is 85.7 cm³/mol. The van der Waals surface area contributed by atoms with Crippen LogP contribution in [0.1, 0.15) is 22.7 Å². The van der Waals surface area contributed by atoms with Gasteiger partial charge in [-0.05, 0) is 70.8 Å². The van der Waals surface area contributed by atoms with E-state index in [1.165, 1.54) is 19.6 Å². The van der Waals surface area contributed by atoms with Gasteiger partial charge in [-0.2, -0.15) is 0 Å². The Morgan fingerprint density at radius 2 is 2.06 bits per heavy atom. The van der Waals surface area contributed by atoms with Gasteiger partial charge in [0.05, 0.1) is 16.0 Å². The molecule has 0 radical (unpaired) electrons. The van der Waals surface area contributed by atoms with Crippen LogP contribution in [-0.4, -0.2) is 14.2 Å². The molecule has 0 amide bonds. The van der Waals surface area contributed by atoms with E-state index in [9.17, 15) is 0 Å². The molecule has 0 aliphatic carbocycles. The van der Waals surface area contributed by atoms with Crippen molar-refractivity contribution in [1.82, 2.24) is 5.32 Å². The summed E-state index contributed by atoms with van der Waals surface area (Å²) in [4.78, 5) is 0. The maximum atomic E-state index is 5.30. The zero-order chi connectivity index (χ0) is 13.1. The lowest BCUT2D eigenvalue weighted by Crippen LogP contribution is -2.17. The van der Waals surface area contributed by atoms with Crippen molar-refractivity contribution in [3.05, 3.63) is 49.2 Å². The second-order valence-corrected chi connectivity index (χ2v) is 6.94. The molecular weight excluding hydrogens is 357 g/mol. The van der Waals surface area contributed by atoms with Crippen LogP contribution in [0.25, 0.3) is 0 Å². The quantitative estimate of drug-likeness (QED) is 0.819. The second-order valence-electron chi connectivity index (χ2n) is 4.13. The number of rotatable bonds is 4. The van der Waals surface area contributed by atoms with E-state index in [1.54, 1.807) is 18.4 Å². The van der Waals surface area contributed by atoms with Crippen molar-refractivity contribution in [2.45, 2.75) is 13.0 Å². The lowest BCUT2D eigenvalue weighted by molar-refractivity contribution is 0.411. The molecule has 2 nitrogen and oxygen atoms in total. The third-order valence-electron chi connectivity index (χ3n) is 2.96. The molecule has 0 saturated heterocycles. The molecule has 0 saturated carbocycles. The van der Waals surface area contributed by atoms with Gasteiger partial charge in [-0.15, -0.1) is 11.3 Å². The molecule has 1 unspecified atom stereocenters. The molecule has 1 heterocycles. The zero-order valence-electron chi connectivity index (χ0n) is 10.7. The van der Waals surface area contributed by atoms with Gasteiger partial charge in [0.2, 0.25) is 0 Å². The van der Waals surface area contributed by atoms with Gasteiger partial charge in [-0.1, -0.05) is 12.1 Å². The number of methoxy groups -OCH3 is 1. The number of benzene rings is 1. The van der Waals surface area contributed by atoms with E-state index < -0.39 is 0 Å². The number of hydrogen-bond acceptors (Lipinski definition) is 3. The Balaban J connectivity index is 2.36. The minimum Gasteiger partial charge on any atom is -0.496 e. The minimum atomic E-state index is 0.245. The van der Waals surface area contributed by atoms with Crippen molar-refractivity contribution in [3.8, 4) is 5.75 Å². The smallest absolute Gasteiger partial charge is 0.121 e. The Labute approximate surface area is 126 Å². The van der Waals surface area contributed by atoms with E-state index in [0.717, 1.165) is 5.75 Å². The van der Waals surface area contributed by atoms with Gasteiger partial charge >= 0.3 is 0 Å². The van der Waals surface area contributed by atoms with Crippen LogP contribution in [0.15, 0.2) is 29.6 Å². The summed E-state index contributed by atoms with van der Waals surface area (Å²) in [6, 6.07) is 8.81. The standard InChI is InChI=1S/C14H16INOS/c1-9-6-10(4-5-12(9)17-3)14(16-2)11-7-13(15)18-8-11/h4-8,14,16H,1-3H3. The first-order valence-electron chi connectivity index (χ1n) is 5.71. The molecule has 1 aromatic heterocycles. The first-order valence-corrected chi connectivity index (χ1v) is 7.67. The highest BCUT2D eigenvalue weighted by atomic mass is 127. The molecule has 4 heteroatoms. The first kappa shape index (κ1) is 13.8. The van der Waals surface area contributed by atoms with Gasteiger partial charge in [0.25, 0.3) is 0 Å². The van der Waals surface area contributed by atoms with Gasteiger partial charge in [0, 0.05) is 0 Å². The topological polar surface area (TPSA) is 21.3 Å². The van der Waals surface area contributed by atoms with Crippen molar-refractivity contribution in [2.75, 3.05) is 14.2 Å². The van der Waals surface area contributed by atoms with Crippen molar-refractivity contribution in [3.63, 3.8) is 0 Å². The molecule has 1 atom stereocenters. The highest BCUT2D eigenvalue weighted by Crippen LogP contribution is 2.29. The molecule has 2 aromatic rings. The molecule has 0 aliphatic heterocycles. The molecule has 2 rings (SSSR count). The lowest BCUT2D eigenvalue weighted by Gasteiger charge is -2.17. The SMILES string of the molecule is CNC(c1csc(I)c1)c1ccc(OC)c(C)c1. The molecule has 0 fully saturated rings. The first-order chi connectivity index (χ1) is 8.65. The van der Waals surface area contributed by atoms with Gasteiger partial charge in [0.1, 0.15) is 5.75 Å². The monoisotopic (exact) mass is 373 g/mol. The van der Waals surface area contributed by atoms with Crippen LogP contribution in [0.4, 0.5) is 0 Å². The van der Waals surface area contributed by atoms with Crippen LogP contribution in [0.3, 0.4) is 0 Å². The second kappa shape index (κ2) is 6.04. The van der Waals surface area contributed by atoms with Crippen LogP contribution in [0.2, 0.25) is 0 Å². The molecule has 0 aliphatic rings. The summed E-state index contributed by atoms with van der Waals surface area (Å²) < 4.78 is 6.62. The number of nitrogens with one attached hydrogen (secondary N) is 1. The molecule has 0 bridgehead atoms. The van der Waals surface area contributed by atoms with Gasteiger partial charge in [0.15, 0.2) is 0 Å². The summed E-state index contributed by atoms with van der Waals surface area (Å²) in [5.41, 5.74) is 3.75. The predicted octanol–water partition coefficient (Wildman–Crippen LogP) is 3.98. The molecule has 1 N–H and O–H groups in total. The van der Waals surface area contributed by atoms with E-state index in [4.69, 9.17) is 4.74 Å². The van der Waals surface area contributed by atoms with E-state index in [0.29, 0.717) is 0 Å². The van der Waals surface area contributed by atoms with Gasteiger partial charge < -0.3 is 10.1 Å². The Hall–Kier alpha value is -0.590. The Morgan fingerprint density at radius 1 is 1.28 bits per heavy atom. The van der Waals surface area contributed by atoms with Crippen molar-refractivity contribution in [2.24, 2.45) is 0 Å². The van der Waals surface area contributed by atoms with Crippen molar-refractivity contribution < 1.29 is 4.74 Å². The summed E-state index contributed by atoms with van der Waals surface area (Å²) in [6.45, 7) is 2.08. The average Bonchev–Trinajstić information content (AvgIpc) is 2.77. The highest BCUT2D eigenvalue weighted by molar-refractivity contribution is 14.1. The summed E-state index contributed by atoms with van der Waals surface area (Å²) in [5.74, 6) is 0.938. The van der Waals surface area contributed by atoms with Crippen LogP contribution in [-0.2, 0) is 0 Å². The number of thiophene rings is 1. The van der Waals surface area contributed by atoms with Crippen LogP contribution in [0.5, 0.6) is 5.75 Å². The molecule has 1 aromatic carbocycles. The van der Waals surface area contributed by atoms with Gasteiger partial charge in [-0.3, -0.25) is 0 Å². The summed E-state index contributed by atoms with van der Waals surface area (Å²) in [5, 5.41) is 5.59. The van der Waals surface area contributed by atoms with Crippen LogP contribution in [0, 0.1) is 9.81 Å². The van der Waals surface area contributed by atoms with E-state index in [-0.39, 0.29) is 6.04 Å². The maximum Gasteiger partial charge on any atom is 0.121 e. The molecule has 18 heavy (non-hydrogen) atoms. The number of aryl methyl sites for hydroxylation is 1. The fourth-order valence-corrected chi connectivity index (χ4v) is 3.48. The fraction of sp³-hybridized carbons (Fsp3) is 0.286. The third kappa shape index (κ3) is 2.87. The number of ether oxygens (including phenoxy) is 1. The fourth-order valence-electron chi connectivity index (χ4n) is 2.08. The normalized spacial score (nSPS) is 12.4. The number of halogens is 1. The van der Waals surface area contributed by atoms with Crippen molar-refractivity contribution in [1.29, 1.82) is 0 Å². The third-order valence-corrected chi connectivity index (χ3v) is 4.77. The summed E-state index contributed by atoms with van der Waals surface area (Å²) in [6.07, 6.45) is 0. The molecule has 0 spiro atoms. The largest absolute Gasteiger partial charge is 0.496 e. The molecule has 96 valence electrons. The van der Waals surface area contributed by atoms with E-state index in [2.05, 4.69) is 58.4 Å². The Morgan fingerprint density at radius 3 is 2.56 bits per heavy atom. The van der Waals surface area contributed by atoms with Crippen molar-refractivity contribution >= 4 is 33.9 Å². The average molecular weight is 373 g/mol. The summed E-state index contributed by atoms with van der Waals surface area (Å²) >= 11 is 4.14. The summed E-state index contributed by atoms with van der Waals surface area (Å²) in [7, 11) is 3.70. The Bertz CT molecular complexity index is 538. The Kier molecular flexibility index (Phi) is 4.64. The highest BCUT2D eigenvalue weighted by Gasteiger charge is 2.14. The lowest BCUT2D eigenvalue weighted by atomic mass is 9.99. The maximum absolute atomic E-state index is 5.30. The number of hydrogen-bond donors (Lipinski definition) is 1. The van der Waals surface area contributed by atoms with E-state index >= 15 is 0 Å².